The molecule has 1 saturated heterocycles. The van der Waals surface area contributed by atoms with Crippen molar-refractivity contribution in [2.75, 3.05) is 24.5 Å². The highest BCUT2D eigenvalue weighted by atomic mass is 15.3. The lowest BCUT2D eigenvalue weighted by molar-refractivity contribution is 0.475. The van der Waals surface area contributed by atoms with Gasteiger partial charge in [0.25, 0.3) is 0 Å². The molecule has 4 nitrogen and oxygen atoms in total. The van der Waals surface area contributed by atoms with E-state index in [0.29, 0.717) is 6.04 Å². The molecular weight excluding hydrogens is 200 g/mol. The van der Waals surface area contributed by atoms with Crippen molar-refractivity contribution in [3.63, 3.8) is 0 Å². The second-order valence-corrected chi connectivity index (χ2v) is 4.42. The fraction of sp³-hybridized carbons (Fsp3) is 0.583. The third-order valence-corrected chi connectivity index (χ3v) is 2.85. The number of imidazole rings is 1. The van der Waals surface area contributed by atoms with Gasteiger partial charge in [0.1, 0.15) is 0 Å². The molecule has 0 unspecified atom stereocenters. The number of nitrogens with zero attached hydrogens (tertiary/aromatic N) is 3. The van der Waals surface area contributed by atoms with Crippen molar-refractivity contribution in [2.24, 2.45) is 0 Å². The Morgan fingerprint density at radius 1 is 1.69 bits per heavy atom. The Hall–Kier alpha value is -1.29. The van der Waals surface area contributed by atoms with Crippen LogP contribution in [0.5, 0.6) is 0 Å². The molecule has 0 amide bonds. The minimum Gasteiger partial charge on any atom is -0.339 e. The summed E-state index contributed by atoms with van der Waals surface area (Å²) in [5.74, 6) is 1.07. The zero-order valence-corrected chi connectivity index (χ0v) is 10.1. The van der Waals surface area contributed by atoms with E-state index in [-0.39, 0.29) is 0 Å². The summed E-state index contributed by atoms with van der Waals surface area (Å²) >= 11 is 0. The van der Waals surface area contributed by atoms with E-state index in [4.69, 9.17) is 0 Å². The van der Waals surface area contributed by atoms with Crippen molar-refractivity contribution >= 4 is 5.95 Å². The van der Waals surface area contributed by atoms with Gasteiger partial charge < -0.3 is 14.8 Å². The maximum absolute atomic E-state index is 4.60. The predicted molar refractivity (Wildman–Crippen MR) is 66.8 cm³/mol. The Bertz CT molecular complexity index is 369. The molecule has 16 heavy (non-hydrogen) atoms. The fourth-order valence-electron chi connectivity index (χ4n) is 2.17. The van der Waals surface area contributed by atoms with E-state index in [1.807, 2.05) is 13.0 Å². The highest BCUT2D eigenvalue weighted by molar-refractivity contribution is 5.35. The van der Waals surface area contributed by atoms with Crippen molar-refractivity contribution in [2.45, 2.75) is 26.4 Å². The zero-order chi connectivity index (χ0) is 11.5. The van der Waals surface area contributed by atoms with Gasteiger partial charge in [-0.2, -0.15) is 0 Å². The van der Waals surface area contributed by atoms with Crippen molar-refractivity contribution in [1.82, 2.24) is 14.9 Å². The molecule has 0 radical (unpaired) electrons. The quantitative estimate of drug-likeness (QED) is 0.776. The van der Waals surface area contributed by atoms with Crippen molar-refractivity contribution in [1.29, 1.82) is 0 Å². The number of anilines is 1. The monoisotopic (exact) mass is 220 g/mol. The van der Waals surface area contributed by atoms with Gasteiger partial charge in [-0.05, 0) is 13.8 Å². The molecule has 2 rings (SSSR count). The Morgan fingerprint density at radius 3 is 3.19 bits per heavy atom. The van der Waals surface area contributed by atoms with Crippen molar-refractivity contribution < 1.29 is 0 Å². The number of allylic oxidation sites excluding steroid dienone is 1. The van der Waals surface area contributed by atoms with Gasteiger partial charge >= 0.3 is 0 Å². The first kappa shape index (κ1) is 11.2. The van der Waals surface area contributed by atoms with Crippen LogP contribution in [0.3, 0.4) is 0 Å². The largest absolute Gasteiger partial charge is 0.339 e. The first-order valence-corrected chi connectivity index (χ1v) is 5.83. The molecule has 0 aromatic carbocycles. The second kappa shape index (κ2) is 4.70. The highest BCUT2D eigenvalue weighted by Gasteiger charge is 2.19. The standard InChI is InChI=1S/C12H20N4/c1-4-6-15-9-11(3)14-12(15)16-7-5-13-10(2)8-16/h4,9-10,13H,1,5-8H2,2-3H3/t10-/m1/s1. The molecule has 88 valence electrons. The van der Waals surface area contributed by atoms with Crippen LogP contribution >= 0.6 is 0 Å². The number of nitrogens with one attached hydrogen (secondary N) is 1. The van der Waals surface area contributed by atoms with Crippen LogP contribution in [0.2, 0.25) is 0 Å². The molecule has 1 atom stereocenters. The smallest absolute Gasteiger partial charge is 0.206 e. The normalized spacial score (nSPS) is 21.1. The highest BCUT2D eigenvalue weighted by Crippen LogP contribution is 2.16. The zero-order valence-electron chi connectivity index (χ0n) is 10.1. The Kier molecular flexibility index (Phi) is 3.29. The van der Waals surface area contributed by atoms with Crippen molar-refractivity contribution in [3.8, 4) is 0 Å². The molecule has 0 saturated carbocycles. The van der Waals surface area contributed by atoms with Crippen LogP contribution in [0.25, 0.3) is 0 Å². The average molecular weight is 220 g/mol. The van der Waals surface area contributed by atoms with Gasteiger partial charge in [0.05, 0.1) is 5.69 Å². The molecular formula is C12H20N4. The Labute approximate surface area is 97.0 Å². The van der Waals surface area contributed by atoms with Gasteiger partial charge in [-0.25, -0.2) is 4.98 Å². The number of hydrogen-bond acceptors (Lipinski definition) is 3. The Morgan fingerprint density at radius 2 is 2.50 bits per heavy atom. The molecule has 0 aliphatic carbocycles. The lowest BCUT2D eigenvalue weighted by Crippen LogP contribution is -2.50. The average Bonchev–Trinajstić information content (AvgIpc) is 2.60. The summed E-state index contributed by atoms with van der Waals surface area (Å²) in [5.41, 5.74) is 1.07. The van der Waals surface area contributed by atoms with Gasteiger partial charge in [-0.15, -0.1) is 6.58 Å². The summed E-state index contributed by atoms with van der Waals surface area (Å²) in [6, 6.07) is 0.530. The second-order valence-electron chi connectivity index (χ2n) is 4.42. The summed E-state index contributed by atoms with van der Waals surface area (Å²) in [5, 5.41) is 3.44. The third kappa shape index (κ3) is 2.27. The van der Waals surface area contributed by atoms with E-state index in [0.717, 1.165) is 37.8 Å². The van der Waals surface area contributed by atoms with Crippen LogP contribution in [0.1, 0.15) is 12.6 Å². The molecule has 0 spiro atoms. The van der Waals surface area contributed by atoms with Crippen molar-refractivity contribution in [3.05, 3.63) is 24.5 Å². The summed E-state index contributed by atoms with van der Waals surface area (Å²) in [7, 11) is 0. The lowest BCUT2D eigenvalue weighted by Gasteiger charge is -2.32. The van der Waals surface area contributed by atoms with Gasteiger partial charge in [0.15, 0.2) is 0 Å². The van der Waals surface area contributed by atoms with E-state index in [1.54, 1.807) is 0 Å². The third-order valence-electron chi connectivity index (χ3n) is 2.85. The molecule has 1 N–H and O–H groups in total. The van der Waals surface area contributed by atoms with Crippen LogP contribution in [-0.2, 0) is 6.54 Å². The van der Waals surface area contributed by atoms with Crippen LogP contribution in [0, 0.1) is 6.92 Å². The maximum atomic E-state index is 4.60. The topological polar surface area (TPSA) is 33.1 Å². The molecule has 1 aliphatic rings. The predicted octanol–water partition coefficient (Wildman–Crippen LogP) is 1.18. The minimum absolute atomic E-state index is 0.530. The lowest BCUT2D eigenvalue weighted by atomic mass is 10.2. The van der Waals surface area contributed by atoms with Crippen LogP contribution in [-0.4, -0.2) is 35.2 Å². The first-order valence-electron chi connectivity index (χ1n) is 5.83. The Balaban J connectivity index is 2.20. The van der Waals surface area contributed by atoms with Gasteiger partial charge in [0.2, 0.25) is 5.95 Å². The van der Waals surface area contributed by atoms with Crippen LogP contribution in [0.15, 0.2) is 18.9 Å². The number of rotatable bonds is 3. The fourth-order valence-corrected chi connectivity index (χ4v) is 2.17. The molecule has 1 aromatic rings. The van der Waals surface area contributed by atoms with Crippen LogP contribution < -0.4 is 10.2 Å². The summed E-state index contributed by atoms with van der Waals surface area (Å²) in [4.78, 5) is 6.95. The van der Waals surface area contributed by atoms with Gasteiger partial charge in [-0.3, -0.25) is 0 Å². The molecule has 1 aliphatic heterocycles. The summed E-state index contributed by atoms with van der Waals surface area (Å²) in [6.45, 7) is 11.9. The van der Waals surface area contributed by atoms with E-state index in [2.05, 4.69) is 39.5 Å². The number of aryl methyl sites for hydroxylation is 1. The molecule has 0 bridgehead atoms. The number of piperazine rings is 1. The molecule has 1 fully saturated rings. The number of aromatic nitrogens is 2. The number of hydrogen-bond donors (Lipinski definition) is 1. The molecule has 2 heterocycles. The molecule has 4 heteroatoms. The first-order chi connectivity index (χ1) is 7.70. The van der Waals surface area contributed by atoms with Crippen LogP contribution in [0.4, 0.5) is 5.95 Å². The summed E-state index contributed by atoms with van der Waals surface area (Å²) < 4.78 is 2.17. The van der Waals surface area contributed by atoms with E-state index >= 15 is 0 Å². The van der Waals surface area contributed by atoms with E-state index in [9.17, 15) is 0 Å². The van der Waals surface area contributed by atoms with E-state index in [1.165, 1.54) is 0 Å². The minimum atomic E-state index is 0.530. The van der Waals surface area contributed by atoms with E-state index < -0.39 is 0 Å². The van der Waals surface area contributed by atoms with Gasteiger partial charge in [-0.1, -0.05) is 6.08 Å². The van der Waals surface area contributed by atoms with Gasteiger partial charge in [0, 0.05) is 38.4 Å². The maximum Gasteiger partial charge on any atom is 0.206 e. The molecule has 1 aromatic heterocycles. The summed E-state index contributed by atoms with van der Waals surface area (Å²) in [6.07, 6.45) is 4.00. The SMILES string of the molecule is C=CCn1cc(C)nc1N1CCN[C@H](C)C1.